The van der Waals surface area contributed by atoms with E-state index in [-0.39, 0.29) is 26.2 Å². The largest absolute Gasteiger partial charge is 0.463 e. The molecule has 0 aliphatic carbocycles. The highest BCUT2D eigenvalue weighted by Crippen LogP contribution is 2.28. The number of hydrogen-bond acceptors (Lipinski definition) is 8. The van der Waals surface area contributed by atoms with Gasteiger partial charge in [-0.05, 0) is 6.92 Å². The molecule has 1 unspecified atom stereocenters. The molecule has 3 heterocycles. The van der Waals surface area contributed by atoms with E-state index in [0.29, 0.717) is 22.1 Å². The first-order valence-electron chi connectivity index (χ1n) is 7.79. The van der Waals surface area contributed by atoms with Crippen LogP contribution in [0.1, 0.15) is 11.9 Å². The molecular formula is C15H18F2N4O3S. The maximum absolute atomic E-state index is 13.6. The number of aromatic nitrogens is 1. The summed E-state index contributed by atoms with van der Waals surface area (Å²) < 4.78 is 32.2. The Labute approximate surface area is 147 Å². The van der Waals surface area contributed by atoms with Crippen LogP contribution in [0.15, 0.2) is 27.8 Å². The molecule has 1 aromatic heterocycles. The number of nitrogens with zero attached hydrogens (tertiary/aromatic N) is 3. The van der Waals surface area contributed by atoms with E-state index in [1.807, 2.05) is 0 Å². The molecule has 0 radical (unpaired) electrons. The molecular weight excluding hydrogens is 354 g/mol. The van der Waals surface area contributed by atoms with Gasteiger partial charge in [0.25, 0.3) is 5.92 Å². The Morgan fingerprint density at radius 2 is 2.40 bits per heavy atom. The molecule has 1 atom stereocenters. The lowest BCUT2D eigenvalue weighted by Gasteiger charge is -2.24. The van der Waals surface area contributed by atoms with E-state index in [0.717, 1.165) is 0 Å². The predicted molar refractivity (Wildman–Crippen MR) is 87.7 cm³/mol. The fraction of sp³-hybridized carbons (Fsp3) is 0.533. The summed E-state index contributed by atoms with van der Waals surface area (Å²) >= 11 is 1.38. The lowest BCUT2D eigenvalue weighted by molar-refractivity contribution is -0.138. The zero-order valence-electron chi connectivity index (χ0n) is 13.5. The van der Waals surface area contributed by atoms with Gasteiger partial charge in [-0.25, -0.2) is 18.6 Å². The molecule has 25 heavy (non-hydrogen) atoms. The van der Waals surface area contributed by atoms with E-state index in [4.69, 9.17) is 4.74 Å². The van der Waals surface area contributed by atoms with Crippen LogP contribution in [-0.4, -0.2) is 71.6 Å². The van der Waals surface area contributed by atoms with Crippen molar-refractivity contribution in [3.63, 3.8) is 0 Å². The van der Waals surface area contributed by atoms with Gasteiger partial charge in [-0.3, -0.25) is 9.89 Å². The van der Waals surface area contributed by atoms with Gasteiger partial charge in [0.05, 0.1) is 25.3 Å². The number of ether oxygens (including phenoxy) is 1. The van der Waals surface area contributed by atoms with Crippen molar-refractivity contribution in [1.29, 1.82) is 0 Å². The number of aliphatic hydroxyl groups excluding tert-OH is 1. The molecule has 0 spiro atoms. The SMILES string of the molecule is CCOC(=O)C1=C(CN2CC(O)C(F)(F)C2)NC(c2nccs2)=NC1. The first-order chi connectivity index (χ1) is 11.9. The molecule has 2 aliphatic rings. The smallest absolute Gasteiger partial charge is 0.337 e. The summed E-state index contributed by atoms with van der Waals surface area (Å²) in [7, 11) is 0. The van der Waals surface area contributed by atoms with Crippen molar-refractivity contribution < 1.29 is 23.4 Å². The number of likely N-dealkylation sites (tertiary alicyclic amines) is 1. The molecule has 1 saturated heterocycles. The van der Waals surface area contributed by atoms with Crippen LogP contribution < -0.4 is 5.32 Å². The van der Waals surface area contributed by atoms with Crippen molar-refractivity contribution >= 4 is 23.1 Å². The number of amidine groups is 1. The zero-order valence-corrected chi connectivity index (χ0v) is 14.4. The van der Waals surface area contributed by atoms with Gasteiger partial charge in [-0.2, -0.15) is 0 Å². The number of halogens is 2. The highest BCUT2D eigenvalue weighted by Gasteiger charge is 2.47. The number of aliphatic hydroxyl groups is 1. The van der Waals surface area contributed by atoms with Gasteiger partial charge in [0.15, 0.2) is 10.8 Å². The number of β-amino-alcohol motifs (C(OH)–C–C–N with tert-alkyl or cyclic N) is 1. The van der Waals surface area contributed by atoms with Crippen molar-refractivity contribution in [1.82, 2.24) is 15.2 Å². The number of carbonyl (C=O) groups excluding carboxylic acids is 1. The van der Waals surface area contributed by atoms with Crippen LogP contribution in [-0.2, 0) is 9.53 Å². The van der Waals surface area contributed by atoms with Crippen LogP contribution in [0.25, 0.3) is 0 Å². The quantitative estimate of drug-likeness (QED) is 0.737. The Morgan fingerprint density at radius 1 is 1.60 bits per heavy atom. The lowest BCUT2D eigenvalue weighted by Crippen LogP contribution is -2.38. The molecule has 0 saturated carbocycles. The fourth-order valence-corrected chi connectivity index (χ4v) is 3.30. The van der Waals surface area contributed by atoms with Gasteiger partial charge in [0.2, 0.25) is 0 Å². The molecule has 10 heteroatoms. The summed E-state index contributed by atoms with van der Waals surface area (Å²) in [5.41, 5.74) is 0.746. The van der Waals surface area contributed by atoms with Crippen LogP contribution in [0.4, 0.5) is 8.78 Å². The van der Waals surface area contributed by atoms with E-state index in [1.54, 1.807) is 18.5 Å². The van der Waals surface area contributed by atoms with Gasteiger partial charge < -0.3 is 15.2 Å². The normalized spacial score (nSPS) is 23.4. The minimum absolute atomic E-state index is 0.0607. The second kappa shape index (κ2) is 7.14. The van der Waals surface area contributed by atoms with E-state index in [1.165, 1.54) is 16.2 Å². The van der Waals surface area contributed by atoms with E-state index < -0.39 is 24.5 Å². The number of hydrogen-bond donors (Lipinski definition) is 2. The average molecular weight is 372 g/mol. The third-order valence-corrected chi connectivity index (χ3v) is 4.70. The first kappa shape index (κ1) is 17.9. The highest BCUT2D eigenvalue weighted by atomic mass is 32.1. The van der Waals surface area contributed by atoms with Crippen molar-refractivity contribution in [2.24, 2.45) is 4.99 Å². The molecule has 0 aromatic carbocycles. The number of rotatable bonds is 5. The standard InChI is InChI=1S/C15H18F2N4O3S/c1-2-24-14(23)9-5-19-12(13-18-3-4-25-13)20-10(9)6-21-7-11(22)15(16,17)8-21/h3-4,11,22H,2,5-8H2,1H3,(H,19,20). The second-order valence-corrected chi connectivity index (χ2v) is 6.65. The van der Waals surface area contributed by atoms with Crippen LogP contribution in [0.5, 0.6) is 0 Å². The third-order valence-electron chi connectivity index (χ3n) is 3.92. The second-order valence-electron chi connectivity index (χ2n) is 5.75. The van der Waals surface area contributed by atoms with Gasteiger partial charge in [-0.1, -0.05) is 0 Å². The predicted octanol–water partition coefficient (Wildman–Crippen LogP) is 0.622. The molecule has 2 aliphatic heterocycles. The maximum atomic E-state index is 13.6. The Bertz CT molecular complexity index is 706. The summed E-state index contributed by atoms with van der Waals surface area (Å²) in [5.74, 6) is -3.20. The summed E-state index contributed by atoms with van der Waals surface area (Å²) in [4.78, 5) is 22.0. The number of alkyl halides is 2. The molecule has 1 fully saturated rings. The summed E-state index contributed by atoms with van der Waals surface area (Å²) in [6, 6.07) is 0. The first-order valence-corrected chi connectivity index (χ1v) is 8.67. The lowest BCUT2D eigenvalue weighted by atomic mass is 10.1. The summed E-state index contributed by atoms with van der Waals surface area (Å²) in [6.07, 6.45) is -0.0823. The van der Waals surface area contributed by atoms with Crippen molar-refractivity contribution in [2.75, 3.05) is 32.8 Å². The molecule has 0 amide bonds. The summed E-state index contributed by atoms with van der Waals surface area (Å²) in [6.45, 7) is 1.31. The Balaban J connectivity index is 1.80. The molecule has 136 valence electrons. The Hall–Kier alpha value is -1.91. The number of nitrogens with one attached hydrogen (secondary N) is 1. The maximum Gasteiger partial charge on any atom is 0.337 e. The average Bonchev–Trinajstić information content (AvgIpc) is 3.16. The van der Waals surface area contributed by atoms with E-state index >= 15 is 0 Å². The van der Waals surface area contributed by atoms with Crippen molar-refractivity contribution in [2.45, 2.75) is 19.0 Å². The van der Waals surface area contributed by atoms with Crippen molar-refractivity contribution in [3.05, 3.63) is 27.9 Å². The fourth-order valence-electron chi connectivity index (χ4n) is 2.70. The zero-order chi connectivity index (χ0) is 18.0. The number of carbonyl (C=O) groups is 1. The molecule has 0 bridgehead atoms. The Kier molecular flexibility index (Phi) is 5.11. The van der Waals surface area contributed by atoms with Crippen LogP contribution >= 0.6 is 11.3 Å². The van der Waals surface area contributed by atoms with E-state index in [9.17, 15) is 18.7 Å². The number of esters is 1. The topological polar surface area (TPSA) is 87.0 Å². The van der Waals surface area contributed by atoms with Crippen LogP contribution in [0.2, 0.25) is 0 Å². The van der Waals surface area contributed by atoms with Gasteiger partial charge in [-0.15, -0.1) is 11.3 Å². The van der Waals surface area contributed by atoms with Gasteiger partial charge >= 0.3 is 5.97 Å². The molecule has 3 rings (SSSR count). The third kappa shape index (κ3) is 3.86. The Morgan fingerprint density at radius 3 is 3.00 bits per heavy atom. The molecule has 2 N–H and O–H groups in total. The minimum Gasteiger partial charge on any atom is -0.463 e. The van der Waals surface area contributed by atoms with Crippen LogP contribution in [0, 0.1) is 0 Å². The molecule has 7 nitrogen and oxygen atoms in total. The number of aliphatic imine (C=N–C) groups is 1. The molecule has 1 aromatic rings. The summed E-state index contributed by atoms with van der Waals surface area (Å²) in [5, 5.41) is 14.9. The van der Waals surface area contributed by atoms with E-state index in [2.05, 4.69) is 15.3 Å². The number of thiazole rings is 1. The minimum atomic E-state index is -3.16. The van der Waals surface area contributed by atoms with Crippen molar-refractivity contribution in [3.8, 4) is 0 Å². The van der Waals surface area contributed by atoms with Gasteiger partial charge in [0.1, 0.15) is 6.10 Å². The monoisotopic (exact) mass is 372 g/mol. The highest BCUT2D eigenvalue weighted by molar-refractivity contribution is 7.11. The van der Waals surface area contributed by atoms with Crippen LogP contribution in [0.3, 0.4) is 0 Å². The van der Waals surface area contributed by atoms with Gasteiger partial charge in [0, 0.05) is 30.4 Å².